The van der Waals surface area contributed by atoms with Gasteiger partial charge in [0.2, 0.25) is 0 Å². The summed E-state index contributed by atoms with van der Waals surface area (Å²) in [7, 11) is 0. The number of nitrogens with zero attached hydrogens (tertiary/aromatic N) is 1. The summed E-state index contributed by atoms with van der Waals surface area (Å²) in [5.41, 5.74) is 12.9. The van der Waals surface area contributed by atoms with Crippen molar-refractivity contribution in [3.8, 4) is 22.3 Å². The van der Waals surface area contributed by atoms with E-state index in [1.54, 1.807) is 0 Å². The van der Waals surface area contributed by atoms with Gasteiger partial charge in [0.15, 0.2) is 0 Å². The van der Waals surface area contributed by atoms with Crippen molar-refractivity contribution in [2.75, 3.05) is 0 Å². The molecule has 0 radical (unpaired) electrons. The minimum Gasteiger partial charge on any atom is -0.252 e. The first-order valence-corrected chi connectivity index (χ1v) is 20.5. The molecule has 9 aromatic carbocycles. The van der Waals surface area contributed by atoms with Crippen LogP contribution in [0.4, 0.5) is 0 Å². The van der Waals surface area contributed by atoms with E-state index in [4.69, 9.17) is 4.99 Å². The molecule has 9 rings (SSSR count). The molecule has 0 aliphatic heterocycles. The van der Waals surface area contributed by atoms with E-state index in [9.17, 15) is 0 Å². The van der Waals surface area contributed by atoms with Gasteiger partial charge in [-0.2, -0.15) is 0 Å². The largest absolute Gasteiger partial charge is 0.252 e. The van der Waals surface area contributed by atoms with Crippen LogP contribution in [0.25, 0.3) is 82.2 Å². The molecular weight excluding hydrogens is 723 g/mol. The Morgan fingerprint density at radius 2 is 1.05 bits per heavy atom. The van der Waals surface area contributed by atoms with Gasteiger partial charge < -0.3 is 0 Å². The Morgan fingerprint density at radius 1 is 0.517 bits per heavy atom. The number of rotatable bonds is 10. The Balaban J connectivity index is 1.18. The number of hydrogen-bond acceptors (Lipinski definition) is 1. The maximum atomic E-state index is 5.45. The summed E-state index contributed by atoms with van der Waals surface area (Å²) in [6, 6.07) is 65.4. The fourth-order valence-corrected chi connectivity index (χ4v) is 8.54. The fourth-order valence-electron chi connectivity index (χ4n) is 8.54. The van der Waals surface area contributed by atoms with E-state index in [2.05, 4.69) is 214 Å². The second-order valence-corrected chi connectivity index (χ2v) is 15.2. The van der Waals surface area contributed by atoms with Crippen LogP contribution in [-0.2, 0) is 0 Å². The van der Waals surface area contributed by atoms with Crippen molar-refractivity contribution in [2.24, 2.45) is 4.99 Å². The molecule has 1 nitrogen and oxygen atoms in total. The molecule has 9 aromatic rings. The third-order valence-corrected chi connectivity index (χ3v) is 11.5. The Hall–Kier alpha value is -7.61. The molecule has 0 heterocycles. The number of allylic oxidation sites excluding steroid dienone is 7. The fraction of sp³-hybridized carbons (Fsp3) is 0.0339. The van der Waals surface area contributed by atoms with Gasteiger partial charge in [-0.25, -0.2) is 0 Å². The topological polar surface area (TPSA) is 12.4 Å². The lowest BCUT2D eigenvalue weighted by molar-refractivity contribution is 1.48. The summed E-state index contributed by atoms with van der Waals surface area (Å²) < 4.78 is 0. The van der Waals surface area contributed by atoms with Crippen LogP contribution in [0.3, 0.4) is 0 Å². The van der Waals surface area contributed by atoms with E-state index < -0.39 is 0 Å². The zero-order valence-corrected chi connectivity index (χ0v) is 34.1. The van der Waals surface area contributed by atoms with Crippen LogP contribution in [0.2, 0.25) is 0 Å². The van der Waals surface area contributed by atoms with Crippen molar-refractivity contribution in [3.05, 3.63) is 248 Å². The second-order valence-electron chi connectivity index (χ2n) is 15.2. The van der Waals surface area contributed by atoms with Gasteiger partial charge in [0.1, 0.15) is 0 Å². The molecule has 0 atom stereocenters. The maximum absolute atomic E-state index is 5.45. The standard InChI is InChI=1S/C59H45N/c1-5-7-19-42(6-2)44-36-34-43(35-37-44)40(3)38-57(51-32-17-22-45-20-8-10-26-49(45)51)60-41(4)47-24-16-25-48(39-47)58-53-28-12-14-30-55(53)59(56-31-15-13-29-54(56)58)52-33-18-23-46-21-9-11-27-50(46)52/h5-39H,2-3H2,1,4H3/b7-5-,42-19+,57-38-,60-41?. The van der Waals surface area contributed by atoms with Crippen molar-refractivity contribution >= 4 is 65.6 Å². The molecule has 1 heteroatoms. The Kier molecular flexibility index (Phi) is 10.6. The monoisotopic (exact) mass is 767 g/mol. The highest BCUT2D eigenvalue weighted by atomic mass is 14.8. The average molecular weight is 768 g/mol. The molecule has 0 aliphatic carbocycles. The summed E-state index contributed by atoms with van der Waals surface area (Å²) in [5, 5.41) is 9.73. The lowest BCUT2D eigenvalue weighted by atomic mass is 9.84. The van der Waals surface area contributed by atoms with Crippen molar-refractivity contribution in [1.82, 2.24) is 0 Å². The van der Waals surface area contributed by atoms with Crippen LogP contribution < -0.4 is 0 Å². The molecule has 0 aliphatic rings. The third kappa shape index (κ3) is 7.23. The van der Waals surface area contributed by atoms with E-state index in [1.807, 2.05) is 25.2 Å². The SMILES string of the molecule is C=C/C(=C\C=C/C)c1ccc(C(=C)/C=C(\N=C(C)c2cccc(-c3c4ccccc4c(-c4cccc5ccccc45)c4ccccc34)c2)c2cccc3ccccc23)cc1. The molecular formula is C59H45N. The highest BCUT2D eigenvalue weighted by Gasteiger charge is 2.18. The molecule has 0 aromatic heterocycles. The molecule has 0 spiro atoms. The summed E-state index contributed by atoms with van der Waals surface area (Å²) in [4.78, 5) is 5.45. The predicted molar refractivity (Wildman–Crippen MR) is 262 cm³/mol. The molecule has 286 valence electrons. The summed E-state index contributed by atoms with van der Waals surface area (Å²) in [6.45, 7) is 12.7. The van der Waals surface area contributed by atoms with Gasteiger partial charge >= 0.3 is 0 Å². The van der Waals surface area contributed by atoms with E-state index in [0.29, 0.717) is 0 Å². The number of benzene rings is 9. The van der Waals surface area contributed by atoms with Crippen molar-refractivity contribution < 1.29 is 0 Å². The van der Waals surface area contributed by atoms with Gasteiger partial charge in [-0.05, 0) is 119 Å². The Bertz CT molecular complexity index is 3170. The minimum absolute atomic E-state index is 0.860. The summed E-state index contributed by atoms with van der Waals surface area (Å²) in [6.07, 6.45) is 10.1. The van der Waals surface area contributed by atoms with E-state index in [1.165, 1.54) is 54.4 Å². The molecule has 60 heavy (non-hydrogen) atoms. The molecule has 0 saturated carbocycles. The molecule has 0 saturated heterocycles. The van der Waals surface area contributed by atoms with Gasteiger partial charge in [-0.1, -0.05) is 213 Å². The van der Waals surface area contributed by atoms with E-state index >= 15 is 0 Å². The zero-order chi connectivity index (χ0) is 41.0. The Morgan fingerprint density at radius 3 is 1.70 bits per heavy atom. The molecule has 0 unspecified atom stereocenters. The number of aliphatic imine (C=N–C) groups is 1. The van der Waals surface area contributed by atoms with Crippen LogP contribution in [0.1, 0.15) is 36.1 Å². The summed E-state index contributed by atoms with van der Waals surface area (Å²) in [5.74, 6) is 0. The van der Waals surface area contributed by atoms with E-state index in [-0.39, 0.29) is 0 Å². The van der Waals surface area contributed by atoms with Crippen molar-refractivity contribution in [1.29, 1.82) is 0 Å². The van der Waals surface area contributed by atoms with Gasteiger partial charge in [-0.15, -0.1) is 0 Å². The minimum atomic E-state index is 0.860. The van der Waals surface area contributed by atoms with Gasteiger partial charge in [0, 0.05) is 11.3 Å². The quantitative estimate of drug-likeness (QED) is 0.0747. The van der Waals surface area contributed by atoms with Gasteiger partial charge in [0.05, 0.1) is 5.70 Å². The third-order valence-electron chi connectivity index (χ3n) is 11.5. The first-order valence-electron chi connectivity index (χ1n) is 20.5. The highest BCUT2D eigenvalue weighted by molar-refractivity contribution is 6.23. The van der Waals surface area contributed by atoms with Crippen molar-refractivity contribution in [3.63, 3.8) is 0 Å². The van der Waals surface area contributed by atoms with Crippen LogP contribution in [0, 0.1) is 0 Å². The smallest absolute Gasteiger partial charge is 0.0717 e. The lowest BCUT2D eigenvalue weighted by Gasteiger charge is -2.19. The van der Waals surface area contributed by atoms with Crippen LogP contribution in [0.5, 0.6) is 0 Å². The predicted octanol–water partition coefficient (Wildman–Crippen LogP) is 16.3. The lowest BCUT2D eigenvalue weighted by Crippen LogP contribution is -1.98. The number of hydrogen-bond donors (Lipinski definition) is 0. The van der Waals surface area contributed by atoms with Crippen LogP contribution in [-0.4, -0.2) is 5.71 Å². The van der Waals surface area contributed by atoms with Crippen LogP contribution >= 0.6 is 0 Å². The molecule has 0 bridgehead atoms. The van der Waals surface area contributed by atoms with E-state index in [0.717, 1.165) is 55.8 Å². The average Bonchev–Trinajstić information content (AvgIpc) is 3.30. The summed E-state index contributed by atoms with van der Waals surface area (Å²) >= 11 is 0. The molecule has 0 fully saturated rings. The Labute approximate surface area is 353 Å². The highest BCUT2D eigenvalue weighted by Crippen LogP contribution is 2.45. The van der Waals surface area contributed by atoms with Crippen LogP contribution in [0.15, 0.2) is 231 Å². The maximum Gasteiger partial charge on any atom is 0.0717 e. The van der Waals surface area contributed by atoms with Gasteiger partial charge in [0.25, 0.3) is 0 Å². The second kappa shape index (κ2) is 16.7. The zero-order valence-electron chi connectivity index (χ0n) is 34.1. The normalized spacial score (nSPS) is 12.5. The van der Waals surface area contributed by atoms with Crippen molar-refractivity contribution in [2.45, 2.75) is 13.8 Å². The number of fused-ring (bicyclic) bond motifs is 4. The molecule has 0 amide bonds. The first-order chi connectivity index (χ1) is 29.5. The first kappa shape index (κ1) is 37.9. The molecule has 0 N–H and O–H groups in total. The van der Waals surface area contributed by atoms with Gasteiger partial charge in [-0.3, -0.25) is 4.99 Å².